The number of phenolic OH excluding ortho intramolecular Hbond substituents is 1. The van der Waals surface area contributed by atoms with Crippen molar-refractivity contribution in [2.45, 2.75) is 26.5 Å². The minimum absolute atomic E-state index is 0.0678. The summed E-state index contributed by atoms with van der Waals surface area (Å²) in [5.74, 6) is -0.161. The Labute approximate surface area is 189 Å². The summed E-state index contributed by atoms with van der Waals surface area (Å²) in [4.78, 5) is 16.9. The predicted octanol–water partition coefficient (Wildman–Crippen LogP) is 7.37. The molecular weight excluding hydrogens is 427 g/mol. The first-order valence-electron chi connectivity index (χ1n) is 9.64. The number of hydrogen-bond acceptors (Lipinski definition) is 4. The highest BCUT2D eigenvalue weighted by Gasteiger charge is 2.11. The molecule has 0 unspecified atom stereocenters. The van der Waals surface area contributed by atoms with Crippen molar-refractivity contribution in [1.82, 2.24) is 0 Å². The summed E-state index contributed by atoms with van der Waals surface area (Å²) >= 11 is 3.24. The van der Waals surface area contributed by atoms with Crippen LogP contribution in [0.1, 0.15) is 21.5 Å². The van der Waals surface area contributed by atoms with Gasteiger partial charge in [-0.05, 0) is 103 Å². The summed E-state index contributed by atoms with van der Waals surface area (Å²) in [5, 5.41) is 9.40. The van der Waals surface area contributed by atoms with Crippen LogP contribution >= 0.6 is 23.5 Å². The zero-order valence-electron chi connectivity index (χ0n) is 16.7. The van der Waals surface area contributed by atoms with Crippen LogP contribution in [-0.2, 0) is 0 Å². The van der Waals surface area contributed by atoms with Crippen molar-refractivity contribution in [1.29, 1.82) is 0 Å². The van der Waals surface area contributed by atoms with Crippen LogP contribution in [0, 0.1) is 12.7 Å². The molecule has 0 aliphatic rings. The lowest BCUT2D eigenvalue weighted by Gasteiger charge is -2.09. The van der Waals surface area contributed by atoms with Gasteiger partial charge in [-0.1, -0.05) is 23.5 Å². The lowest BCUT2D eigenvalue weighted by atomic mass is 10.0. The normalized spacial score (nSPS) is 10.8. The van der Waals surface area contributed by atoms with Gasteiger partial charge in [-0.15, -0.1) is 0 Å². The maximum atomic E-state index is 13.0. The zero-order valence-corrected chi connectivity index (χ0v) is 18.3. The zero-order chi connectivity index (χ0) is 21.8. The monoisotopic (exact) mass is 446 g/mol. The Morgan fingerprint density at radius 2 is 1.23 bits per heavy atom. The first-order chi connectivity index (χ1) is 15.0. The molecule has 4 rings (SSSR count). The number of ketones is 1. The SMILES string of the molecule is Cc1cc(C(=O)c2ccc(O)cc2)ccc1Sc1ccc(Sc2ccc(F)cc2)cc1. The molecule has 0 aromatic heterocycles. The molecule has 31 heavy (non-hydrogen) atoms. The van der Waals surface area contributed by atoms with Crippen molar-refractivity contribution in [2.75, 3.05) is 0 Å². The fourth-order valence-corrected chi connectivity index (χ4v) is 4.72. The highest BCUT2D eigenvalue weighted by atomic mass is 32.2. The Morgan fingerprint density at radius 1 is 0.710 bits per heavy atom. The standard InChI is InChI=1S/C26H19FO2S2/c1-17-16-19(26(29)18-2-7-21(28)8-3-18)4-15-25(17)31-24-13-11-23(12-14-24)30-22-9-5-20(27)6-10-22/h2-16,28H,1H3. The summed E-state index contributed by atoms with van der Waals surface area (Å²) in [6.45, 7) is 1.99. The average Bonchev–Trinajstić information content (AvgIpc) is 2.78. The quantitative estimate of drug-likeness (QED) is 0.314. The Bertz CT molecular complexity index is 1200. The number of rotatable bonds is 6. The lowest BCUT2D eigenvalue weighted by Crippen LogP contribution is -2.01. The summed E-state index contributed by atoms with van der Waals surface area (Å²) in [6.07, 6.45) is 0. The van der Waals surface area contributed by atoms with E-state index in [-0.39, 0.29) is 17.3 Å². The summed E-state index contributed by atoms with van der Waals surface area (Å²) in [6, 6.07) is 26.7. The number of carbonyl (C=O) groups excluding carboxylic acids is 1. The molecule has 0 heterocycles. The van der Waals surface area contributed by atoms with E-state index in [2.05, 4.69) is 24.3 Å². The van der Waals surface area contributed by atoms with Gasteiger partial charge in [-0.3, -0.25) is 4.79 Å². The molecule has 0 spiro atoms. The van der Waals surface area contributed by atoms with Gasteiger partial charge in [0.15, 0.2) is 5.78 Å². The number of aryl methyl sites for hydroxylation is 1. The molecule has 2 nitrogen and oxygen atoms in total. The maximum Gasteiger partial charge on any atom is 0.193 e. The Balaban J connectivity index is 1.44. The largest absolute Gasteiger partial charge is 0.508 e. The fraction of sp³-hybridized carbons (Fsp3) is 0.0385. The van der Waals surface area contributed by atoms with Gasteiger partial charge in [-0.25, -0.2) is 4.39 Å². The van der Waals surface area contributed by atoms with Gasteiger partial charge in [0, 0.05) is 30.7 Å². The van der Waals surface area contributed by atoms with Gasteiger partial charge in [-0.2, -0.15) is 0 Å². The van der Waals surface area contributed by atoms with E-state index in [4.69, 9.17) is 0 Å². The molecule has 0 atom stereocenters. The molecule has 0 saturated heterocycles. The van der Waals surface area contributed by atoms with Crippen LogP contribution in [0.3, 0.4) is 0 Å². The van der Waals surface area contributed by atoms with Gasteiger partial charge < -0.3 is 5.11 Å². The average molecular weight is 447 g/mol. The summed E-state index contributed by atoms with van der Waals surface area (Å²) in [7, 11) is 0. The first-order valence-corrected chi connectivity index (χ1v) is 11.3. The van der Waals surface area contributed by atoms with Gasteiger partial charge in [0.05, 0.1) is 0 Å². The van der Waals surface area contributed by atoms with E-state index in [1.54, 1.807) is 47.8 Å². The van der Waals surface area contributed by atoms with Crippen molar-refractivity contribution >= 4 is 29.3 Å². The molecule has 4 aromatic carbocycles. The van der Waals surface area contributed by atoms with Crippen LogP contribution in [0.25, 0.3) is 0 Å². The summed E-state index contributed by atoms with van der Waals surface area (Å²) in [5.41, 5.74) is 2.20. The smallest absolute Gasteiger partial charge is 0.193 e. The first kappa shape index (κ1) is 21.2. The van der Waals surface area contributed by atoms with E-state index in [0.717, 1.165) is 25.1 Å². The molecule has 0 aliphatic carbocycles. The molecule has 0 amide bonds. The van der Waals surface area contributed by atoms with E-state index in [1.807, 2.05) is 25.1 Å². The Morgan fingerprint density at radius 3 is 1.81 bits per heavy atom. The van der Waals surface area contributed by atoms with E-state index in [1.165, 1.54) is 24.3 Å². The third kappa shape index (κ3) is 5.37. The van der Waals surface area contributed by atoms with E-state index in [9.17, 15) is 14.3 Å². The highest BCUT2D eigenvalue weighted by Crippen LogP contribution is 2.34. The molecule has 4 aromatic rings. The number of aromatic hydroxyl groups is 1. The molecule has 0 radical (unpaired) electrons. The topological polar surface area (TPSA) is 37.3 Å². The number of carbonyl (C=O) groups is 1. The van der Waals surface area contributed by atoms with Gasteiger partial charge in [0.2, 0.25) is 0 Å². The molecule has 5 heteroatoms. The third-order valence-electron chi connectivity index (χ3n) is 4.67. The van der Waals surface area contributed by atoms with Crippen molar-refractivity contribution in [3.8, 4) is 5.75 Å². The van der Waals surface area contributed by atoms with Gasteiger partial charge >= 0.3 is 0 Å². The van der Waals surface area contributed by atoms with Crippen molar-refractivity contribution in [3.63, 3.8) is 0 Å². The maximum absolute atomic E-state index is 13.0. The lowest BCUT2D eigenvalue weighted by molar-refractivity contribution is 0.103. The minimum atomic E-state index is -0.234. The van der Waals surface area contributed by atoms with Crippen LogP contribution in [-0.4, -0.2) is 10.9 Å². The molecular formula is C26H19FO2S2. The van der Waals surface area contributed by atoms with Crippen LogP contribution < -0.4 is 0 Å². The molecule has 0 saturated carbocycles. The summed E-state index contributed by atoms with van der Waals surface area (Å²) < 4.78 is 13.0. The number of halogens is 1. The van der Waals surface area contributed by atoms with E-state index >= 15 is 0 Å². The second-order valence-corrected chi connectivity index (χ2v) is 9.25. The number of hydrogen-bond donors (Lipinski definition) is 1. The molecule has 1 N–H and O–H groups in total. The highest BCUT2D eigenvalue weighted by molar-refractivity contribution is 7.99. The Kier molecular flexibility index (Phi) is 6.44. The minimum Gasteiger partial charge on any atom is -0.508 e. The Hall–Kier alpha value is -3.02. The van der Waals surface area contributed by atoms with Crippen LogP contribution in [0.2, 0.25) is 0 Å². The second kappa shape index (κ2) is 9.41. The van der Waals surface area contributed by atoms with E-state index < -0.39 is 0 Å². The molecule has 154 valence electrons. The van der Waals surface area contributed by atoms with Crippen LogP contribution in [0.5, 0.6) is 5.75 Å². The van der Waals surface area contributed by atoms with Gasteiger partial charge in [0.1, 0.15) is 11.6 Å². The molecule has 0 aliphatic heterocycles. The van der Waals surface area contributed by atoms with Crippen LogP contribution in [0.15, 0.2) is 111 Å². The van der Waals surface area contributed by atoms with Crippen molar-refractivity contribution in [2.24, 2.45) is 0 Å². The van der Waals surface area contributed by atoms with Crippen molar-refractivity contribution < 1.29 is 14.3 Å². The third-order valence-corrected chi connectivity index (χ3v) is 6.87. The van der Waals surface area contributed by atoms with Gasteiger partial charge in [0.25, 0.3) is 0 Å². The second-order valence-electron chi connectivity index (χ2n) is 6.99. The number of phenols is 1. The van der Waals surface area contributed by atoms with Crippen LogP contribution in [0.4, 0.5) is 4.39 Å². The van der Waals surface area contributed by atoms with E-state index in [0.29, 0.717) is 11.1 Å². The number of benzene rings is 4. The van der Waals surface area contributed by atoms with Crippen molar-refractivity contribution in [3.05, 3.63) is 114 Å². The predicted molar refractivity (Wildman–Crippen MR) is 124 cm³/mol. The fourth-order valence-electron chi connectivity index (χ4n) is 3.03. The molecule has 0 bridgehead atoms. The molecule has 0 fully saturated rings.